The Labute approximate surface area is 124 Å². The van der Waals surface area contributed by atoms with Gasteiger partial charge in [0.1, 0.15) is 6.29 Å². The molecule has 0 amide bonds. The van der Waals surface area contributed by atoms with Gasteiger partial charge in [0.25, 0.3) is 0 Å². The van der Waals surface area contributed by atoms with Crippen molar-refractivity contribution in [2.45, 2.75) is 58.3 Å². The maximum Gasteiger partial charge on any atom is 0.127 e. The fourth-order valence-electron chi connectivity index (χ4n) is 5.25. The third-order valence-electron chi connectivity index (χ3n) is 6.54. The predicted molar refractivity (Wildman–Crippen MR) is 82.6 cm³/mol. The van der Waals surface area contributed by atoms with Gasteiger partial charge in [-0.05, 0) is 75.7 Å². The van der Waals surface area contributed by atoms with E-state index in [-0.39, 0.29) is 5.41 Å². The Morgan fingerprint density at radius 3 is 2.45 bits per heavy atom. The number of aldehydes is 1. The van der Waals surface area contributed by atoms with Crippen molar-refractivity contribution < 1.29 is 4.79 Å². The van der Waals surface area contributed by atoms with Gasteiger partial charge >= 0.3 is 0 Å². The summed E-state index contributed by atoms with van der Waals surface area (Å²) < 4.78 is 0. The predicted octanol–water partition coefficient (Wildman–Crippen LogP) is 3.75. The molecule has 0 aromatic heterocycles. The molecule has 0 heterocycles. The molecule has 3 fully saturated rings. The Hall–Kier alpha value is -0.370. The summed E-state index contributed by atoms with van der Waals surface area (Å²) >= 11 is 0. The Kier molecular flexibility index (Phi) is 4.21. The summed E-state index contributed by atoms with van der Waals surface area (Å²) in [4.78, 5) is 14.1. The van der Waals surface area contributed by atoms with Crippen LogP contribution in [0.2, 0.25) is 0 Å². The standard InChI is InChI=1S/C18H31NO/c1-14-5-7-18(13-20,8-6-14)12-19(2)11-17-10-15-3-4-16(17)9-15/h13-17H,3-12H2,1-2H3. The van der Waals surface area contributed by atoms with Crippen LogP contribution in [0.3, 0.4) is 0 Å². The number of hydrogen-bond acceptors (Lipinski definition) is 2. The molecule has 0 aliphatic heterocycles. The number of fused-ring (bicyclic) bond motifs is 2. The van der Waals surface area contributed by atoms with Crippen molar-refractivity contribution in [2.24, 2.45) is 29.1 Å². The average Bonchev–Trinajstić information content (AvgIpc) is 3.04. The van der Waals surface area contributed by atoms with Crippen LogP contribution >= 0.6 is 0 Å². The zero-order valence-corrected chi connectivity index (χ0v) is 13.3. The molecule has 114 valence electrons. The highest BCUT2D eigenvalue weighted by atomic mass is 16.1. The summed E-state index contributed by atoms with van der Waals surface area (Å²) in [6.07, 6.45) is 11.9. The Morgan fingerprint density at radius 2 is 1.90 bits per heavy atom. The van der Waals surface area contributed by atoms with Crippen LogP contribution in [0.15, 0.2) is 0 Å². The molecule has 0 aromatic carbocycles. The van der Waals surface area contributed by atoms with Crippen molar-refractivity contribution in [1.82, 2.24) is 4.90 Å². The van der Waals surface area contributed by atoms with E-state index in [2.05, 4.69) is 18.9 Å². The lowest BCUT2D eigenvalue weighted by Crippen LogP contribution is -2.41. The molecule has 0 spiro atoms. The fraction of sp³-hybridized carbons (Fsp3) is 0.944. The topological polar surface area (TPSA) is 20.3 Å². The summed E-state index contributed by atoms with van der Waals surface area (Å²) in [6, 6.07) is 0. The highest BCUT2D eigenvalue weighted by Crippen LogP contribution is 2.48. The summed E-state index contributed by atoms with van der Waals surface area (Å²) in [5.74, 6) is 3.78. The maximum atomic E-state index is 11.7. The summed E-state index contributed by atoms with van der Waals surface area (Å²) in [7, 11) is 2.25. The molecule has 3 rings (SSSR count). The Balaban J connectivity index is 1.52. The third-order valence-corrected chi connectivity index (χ3v) is 6.54. The molecular formula is C18H31NO. The zero-order chi connectivity index (χ0) is 14.2. The molecular weight excluding hydrogens is 246 g/mol. The fourth-order valence-corrected chi connectivity index (χ4v) is 5.25. The van der Waals surface area contributed by atoms with Gasteiger partial charge in [-0.15, -0.1) is 0 Å². The first-order valence-electron chi connectivity index (χ1n) is 8.75. The van der Waals surface area contributed by atoms with Gasteiger partial charge < -0.3 is 9.69 Å². The van der Waals surface area contributed by atoms with E-state index in [4.69, 9.17) is 0 Å². The minimum absolute atomic E-state index is 0.0289. The highest BCUT2D eigenvalue weighted by molar-refractivity contribution is 5.60. The largest absolute Gasteiger partial charge is 0.305 e. The minimum atomic E-state index is -0.0289. The van der Waals surface area contributed by atoms with E-state index in [1.54, 1.807) is 0 Å². The molecule has 2 nitrogen and oxygen atoms in total. The first kappa shape index (κ1) is 14.6. The molecule has 3 aliphatic rings. The van der Waals surface area contributed by atoms with Gasteiger partial charge in [-0.25, -0.2) is 0 Å². The Bertz CT molecular complexity index is 345. The van der Waals surface area contributed by atoms with Crippen molar-refractivity contribution in [3.8, 4) is 0 Å². The molecule has 0 aromatic rings. The number of nitrogens with zero attached hydrogens (tertiary/aromatic N) is 1. The lowest BCUT2D eigenvalue weighted by molar-refractivity contribution is -0.119. The van der Waals surface area contributed by atoms with Gasteiger partial charge in [-0.2, -0.15) is 0 Å². The van der Waals surface area contributed by atoms with E-state index in [0.717, 1.165) is 43.1 Å². The zero-order valence-electron chi connectivity index (χ0n) is 13.3. The molecule has 3 aliphatic carbocycles. The monoisotopic (exact) mass is 277 g/mol. The first-order valence-corrected chi connectivity index (χ1v) is 8.75. The molecule has 2 bridgehead atoms. The van der Waals surface area contributed by atoms with Crippen molar-refractivity contribution in [3.05, 3.63) is 0 Å². The lowest BCUT2D eigenvalue weighted by atomic mass is 9.71. The molecule has 3 unspecified atom stereocenters. The van der Waals surface area contributed by atoms with Crippen LogP contribution in [0.5, 0.6) is 0 Å². The summed E-state index contributed by atoms with van der Waals surface area (Å²) in [6.45, 7) is 4.55. The van der Waals surface area contributed by atoms with Gasteiger partial charge in [-0.1, -0.05) is 13.3 Å². The van der Waals surface area contributed by atoms with Crippen LogP contribution < -0.4 is 0 Å². The van der Waals surface area contributed by atoms with Crippen LogP contribution in [-0.4, -0.2) is 31.3 Å². The van der Waals surface area contributed by atoms with Gasteiger partial charge in [-0.3, -0.25) is 0 Å². The highest BCUT2D eigenvalue weighted by Gasteiger charge is 2.41. The van der Waals surface area contributed by atoms with E-state index in [9.17, 15) is 4.79 Å². The Morgan fingerprint density at radius 1 is 1.15 bits per heavy atom. The molecule has 3 atom stereocenters. The van der Waals surface area contributed by atoms with Crippen molar-refractivity contribution in [3.63, 3.8) is 0 Å². The number of carbonyl (C=O) groups is 1. The molecule has 20 heavy (non-hydrogen) atoms. The van der Waals surface area contributed by atoms with Crippen LogP contribution in [0.25, 0.3) is 0 Å². The van der Waals surface area contributed by atoms with Crippen molar-refractivity contribution in [2.75, 3.05) is 20.1 Å². The maximum absolute atomic E-state index is 11.7. The van der Waals surface area contributed by atoms with Crippen molar-refractivity contribution in [1.29, 1.82) is 0 Å². The van der Waals surface area contributed by atoms with Gasteiger partial charge in [0.15, 0.2) is 0 Å². The normalized spacial score (nSPS) is 44.1. The van der Waals surface area contributed by atoms with Crippen molar-refractivity contribution >= 4 is 6.29 Å². The third kappa shape index (κ3) is 2.95. The smallest absolute Gasteiger partial charge is 0.127 e. The van der Waals surface area contributed by atoms with E-state index < -0.39 is 0 Å². The SMILES string of the molecule is CC1CCC(C=O)(CN(C)CC2CC3CCC2C3)CC1. The molecule has 0 N–H and O–H groups in total. The van der Waals surface area contributed by atoms with Crippen LogP contribution in [0.4, 0.5) is 0 Å². The van der Waals surface area contributed by atoms with E-state index in [0.29, 0.717) is 0 Å². The van der Waals surface area contributed by atoms with Gasteiger partial charge in [0.2, 0.25) is 0 Å². The number of rotatable bonds is 5. The average molecular weight is 277 g/mol. The van der Waals surface area contributed by atoms with Gasteiger partial charge in [0, 0.05) is 18.5 Å². The van der Waals surface area contributed by atoms with E-state index in [1.165, 1.54) is 51.4 Å². The van der Waals surface area contributed by atoms with Crippen LogP contribution in [-0.2, 0) is 4.79 Å². The molecule has 0 saturated heterocycles. The minimum Gasteiger partial charge on any atom is -0.305 e. The quantitative estimate of drug-likeness (QED) is 0.713. The first-order chi connectivity index (χ1) is 9.60. The lowest BCUT2D eigenvalue weighted by Gasteiger charge is -2.39. The summed E-state index contributed by atoms with van der Waals surface area (Å²) in [5, 5.41) is 0. The summed E-state index contributed by atoms with van der Waals surface area (Å²) in [5.41, 5.74) is -0.0289. The van der Waals surface area contributed by atoms with E-state index in [1.807, 2.05) is 0 Å². The second-order valence-corrected chi connectivity index (χ2v) is 8.29. The van der Waals surface area contributed by atoms with Crippen LogP contribution in [0, 0.1) is 29.1 Å². The van der Waals surface area contributed by atoms with E-state index >= 15 is 0 Å². The second-order valence-electron chi connectivity index (χ2n) is 8.29. The number of carbonyl (C=O) groups excluding carboxylic acids is 1. The second kappa shape index (κ2) is 5.79. The van der Waals surface area contributed by atoms with Gasteiger partial charge in [0.05, 0.1) is 0 Å². The molecule has 2 heteroatoms. The molecule has 0 radical (unpaired) electrons. The van der Waals surface area contributed by atoms with Crippen LogP contribution in [0.1, 0.15) is 58.3 Å². The number of hydrogen-bond donors (Lipinski definition) is 0. The molecule has 3 saturated carbocycles.